The molecule has 1 aliphatic rings. The van der Waals surface area contributed by atoms with Crippen LogP contribution in [-0.2, 0) is 0 Å². The van der Waals surface area contributed by atoms with Crippen LogP contribution >= 0.6 is 0 Å². The molecule has 1 fully saturated rings. The van der Waals surface area contributed by atoms with Gasteiger partial charge in [0.1, 0.15) is 0 Å². The molecule has 1 N–H and O–H groups in total. The molecule has 0 bridgehead atoms. The van der Waals surface area contributed by atoms with Crippen LogP contribution in [0.2, 0.25) is 0 Å². The van der Waals surface area contributed by atoms with Crippen molar-refractivity contribution >= 4 is 0 Å². The highest BCUT2D eigenvalue weighted by Gasteiger charge is 2.67. The first-order valence-electron chi connectivity index (χ1n) is 5.83. The molecule has 16 heavy (non-hydrogen) atoms. The predicted molar refractivity (Wildman–Crippen MR) is 62.1 cm³/mol. The van der Waals surface area contributed by atoms with E-state index in [1.165, 1.54) is 0 Å². The highest BCUT2D eigenvalue weighted by molar-refractivity contribution is 5.24. The highest BCUT2D eigenvalue weighted by atomic mass is 16.4. The van der Waals surface area contributed by atoms with Gasteiger partial charge in [-0.15, -0.1) is 10.2 Å². The minimum atomic E-state index is 0.117. The second-order valence-electron chi connectivity index (χ2n) is 5.87. The van der Waals surface area contributed by atoms with Gasteiger partial charge >= 0.3 is 0 Å². The van der Waals surface area contributed by atoms with Crippen LogP contribution in [0.5, 0.6) is 0 Å². The molecule has 0 aliphatic heterocycles. The molecule has 1 atom stereocenters. The largest absolute Gasteiger partial charge is 0.423 e. The standard InChI is InChI=1S/C12H21N3O/c1-7(13-6)9-14-15-10(16-9)8-11(2,3)12(8,4)5/h7-8,13H,1-6H3. The summed E-state index contributed by atoms with van der Waals surface area (Å²) < 4.78 is 5.75. The summed E-state index contributed by atoms with van der Waals surface area (Å²) in [7, 11) is 1.89. The van der Waals surface area contributed by atoms with Gasteiger partial charge in [-0.1, -0.05) is 27.7 Å². The maximum absolute atomic E-state index is 5.75. The van der Waals surface area contributed by atoms with E-state index >= 15 is 0 Å². The number of nitrogens with zero attached hydrogens (tertiary/aromatic N) is 2. The second kappa shape index (κ2) is 3.29. The molecule has 1 aromatic heterocycles. The Morgan fingerprint density at radius 3 is 2.19 bits per heavy atom. The summed E-state index contributed by atoms with van der Waals surface area (Å²) in [5.74, 6) is 1.84. The normalized spacial score (nSPS) is 24.4. The lowest BCUT2D eigenvalue weighted by atomic mass is 10.0. The molecule has 0 radical (unpaired) electrons. The van der Waals surface area contributed by atoms with Gasteiger partial charge in [0.05, 0.1) is 6.04 Å². The molecule has 1 heterocycles. The highest BCUT2D eigenvalue weighted by Crippen LogP contribution is 2.73. The topological polar surface area (TPSA) is 51.0 Å². The summed E-state index contributed by atoms with van der Waals surface area (Å²) in [6.07, 6.45) is 0. The molecule has 1 aromatic rings. The molecule has 4 nitrogen and oxygen atoms in total. The molecule has 0 spiro atoms. The fourth-order valence-electron chi connectivity index (χ4n) is 2.48. The van der Waals surface area contributed by atoms with Gasteiger partial charge in [0, 0.05) is 5.92 Å². The molecule has 2 rings (SSSR count). The zero-order chi connectivity index (χ0) is 12.1. The molecule has 4 heteroatoms. The van der Waals surface area contributed by atoms with E-state index in [9.17, 15) is 0 Å². The first-order chi connectivity index (χ1) is 7.32. The van der Waals surface area contributed by atoms with Gasteiger partial charge in [0.15, 0.2) is 0 Å². The van der Waals surface area contributed by atoms with Gasteiger partial charge in [-0.25, -0.2) is 0 Å². The van der Waals surface area contributed by atoms with Crippen molar-refractivity contribution in [3.05, 3.63) is 11.8 Å². The zero-order valence-electron chi connectivity index (χ0n) is 11.0. The molecule has 0 aromatic carbocycles. The van der Waals surface area contributed by atoms with E-state index < -0.39 is 0 Å². The van der Waals surface area contributed by atoms with E-state index in [2.05, 4.69) is 43.2 Å². The summed E-state index contributed by atoms with van der Waals surface area (Å²) in [6, 6.07) is 0.117. The van der Waals surface area contributed by atoms with Crippen molar-refractivity contribution in [3.8, 4) is 0 Å². The Hall–Kier alpha value is -0.900. The van der Waals surface area contributed by atoms with E-state index in [0.717, 1.165) is 5.89 Å². The monoisotopic (exact) mass is 223 g/mol. The van der Waals surface area contributed by atoms with Crippen molar-refractivity contribution in [2.75, 3.05) is 7.05 Å². The molecule has 90 valence electrons. The van der Waals surface area contributed by atoms with Gasteiger partial charge < -0.3 is 9.73 Å². The SMILES string of the molecule is CNC(C)c1nnc(C2C(C)(C)C2(C)C)o1. The quantitative estimate of drug-likeness (QED) is 0.855. The van der Waals surface area contributed by atoms with Crippen molar-refractivity contribution < 1.29 is 4.42 Å². The Labute approximate surface area is 96.8 Å². The molecular formula is C12H21N3O. The van der Waals surface area contributed by atoms with E-state index in [-0.39, 0.29) is 16.9 Å². The predicted octanol–water partition coefficient (Wildman–Crippen LogP) is 2.50. The lowest BCUT2D eigenvalue weighted by Crippen LogP contribution is -2.12. The minimum Gasteiger partial charge on any atom is -0.423 e. The van der Waals surface area contributed by atoms with Gasteiger partial charge in [-0.05, 0) is 24.8 Å². The first-order valence-corrected chi connectivity index (χ1v) is 5.83. The van der Waals surface area contributed by atoms with Crippen LogP contribution in [-0.4, -0.2) is 17.2 Å². The van der Waals surface area contributed by atoms with Crippen molar-refractivity contribution in [1.29, 1.82) is 0 Å². The van der Waals surface area contributed by atoms with Crippen molar-refractivity contribution in [2.45, 2.75) is 46.6 Å². The van der Waals surface area contributed by atoms with E-state index in [0.29, 0.717) is 11.8 Å². The Balaban J connectivity index is 2.22. The van der Waals surface area contributed by atoms with Crippen molar-refractivity contribution in [3.63, 3.8) is 0 Å². The van der Waals surface area contributed by atoms with Crippen LogP contribution in [0.1, 0.15) is 58.4 Å². The third kappa shape index (κ3) is 1.39. The summed E-state index contributed by atoms with van der Waals surface area (Å²) in [5.41, 5.74) is 0.499. The van der Waals surface area contributed by atoms with Gasteiger partial charge in [0.2, 0.25) is 11.8 Å². The summed E-state index contributed by atoms with van der Waals surface area (Å²) in [4.78, 5) is 0. The average molecular weight is 223 g/mol. The maximum atomic E-state index is 5.75. The fourth-order valence-corrected chi connectivity index (χ4v) is 2.48. The molecule has 1 unspecified atom stereocenters. The van der Waals surface area contributed by atoms with Gasteiger partial charge in [0.25, 0.3) is 0 Å². The number of hydrogen-bond acceptors (Lipinski definition) is 4. The Bertz CT molecular complexity index is 381. The number of nitrogens with one attached hydrogen (secondary N) is 1. The minimum absolute atomic E-state index is 0.117. The Kier molecular flexibility index (Phi) is 2.38. The van der Waals surface area contributed by atoms with Crippen LogP contribution in [0, 0.1) is 10.8 Å². The van der Waals surface area contributed by atoms with Crippen LogP contribution in [0.15, 0.2) is 4.42 Å². The molecule has 0 amide bonds. The zero-order valence-corrected chi connectivity index (χ0v) is 11.0. The number of aromatic nitrogens is 2. The van der Waals surface area contributed by atoms with Crippen molar-refractivity contribution in [1.82, 2.24) is 15.5 Å². The number of hydrogen-bond donors (Lipinski definition) is 1. The molecule has 1 saturated carbocycles. The average Bonchev–Trinajstić information content (AvgIpc) is 2.60. The summed E-state index contributed by atoms with van der Waals surface area (Å²) >= 11 is 0. The van der Waals surface area contributed by atoms with Gasteiger partial charge in [-0.2, -0.15) is 0 Å². The lowest BCUT2D eigenvalue weighted by Gasteiger charge is -2.03. The van der Waals surface area contributed by atoms with Crippen LogP contribution in [0.4, 0.5) is 0 Å². The van der Waals surface area contributed by atoms with Gasteiger partial charge in [-0.3, -0.25) is 0 Å². The van der Waals surface area contributed by atoms with Crippen LogP contribution in [0.25, 0.3) is 0 Å². The smallest absolute Gasteiger partial charge is 0.233 e. The molecular weight excluding hydrogens is 202 g/mol. The Morgan fingerprint density at radius 1 is 1.19 bits per heavy atom. The second-order valence-corrected chi connectivity index (χ2v) is 5.87. The summed E-state index contributed by atoms with van der Waals surface area (Å²) in [5, 5.41) is 11.4. The third-order valence-electron chi connectivity index (χ3n) is 4.53. The Morgan fingerprint density at radius 2 is 1.75 bits per heavy atom. The number of rotatable bonds is 3. The van der Waals surface area contributed by atoms with Crippen LogP contribution < -0.4 is 5.32 Å². The van der Waals surface area contributed by atoms with E-state index in [4.69, 9.17) is 4.42 Å². The van der Waals surface area contributed by atoms with Crippen LogP contribution in [0.3, 0.4) is 0 Å². The van der Waals surface area contributed by atoms with E-state index in [1.54, 1.807) is 0 Å². The van der Waals surface area contributed by atoms with Crippen molar-refractivity contribution in [2.24, 2.45) is 10.8 Å². The molecule has 0 saturated heterocycles. The molecule has 1 aliphatic carbocycles. The lowest BCUT2D eigenvalue weighted by molar-refractivity contribution is 0.393. The maximum Gasteiger partial charge on any atom is 0.233 e. The third-order valence-corrected chi connectivity index (χ3v) is 4.53. The first kappa shape index (κ1) is 11.6. The fraction of sp³-hybridized carbons (Fsp3) is 0.833. The summed E-state index contributed by atoms with van der Waals surface area (Å²) in [6.45, 7) is 11.0. The van der Waals surface area contributed by atoms with E-state index in [1.807, 2.05) is 14.0 Å².